The number of rotatable bonds is 10. The number of pyridine rings is 6. The Bertz CT molecular complexity index is 7560. The first-order chi connectivity index (χ1) is 63.9. The highest BCUT2D eigenvalue weighted by atomic mass is 15.0. The maximum Gasteiger partial charge on any atom is 0.213 e. The van der Waals surface area contributed by atoms with Crippen molar-refractivity contribution in [2.24, 2.45) is 35.2 Å². The summed E-state index contributed by atoms with van der Waals surface area (Å²) >= 11 is 0. The highest BCUT2D eigenvalue weighted by molar-refractivity contribution is 6.02. The van der Waals surface area contributed by atoms with E-state index in [1.807, 2.05) is 54.2 Å². The van der Waals surface area contributed by atoms with Crippen LogP contribution in [0.3, 0.4) is 0 Å². The lowest BCUT2D eigenvalue weighted by atomic mass is 9.92. The molecule has 20 aromatic rings. The average molecular weight is 1700 g/mol. The molecule has 0 N–H and O–H groups in total. The summed E-state index contributed by atoms with van der Waals surface area (Å²) < 4.78 is 35.2. The van der Waals surface area contributed by atoms with E-state index in [9.17, 15) is 0 Å². The largest absolute Gasteiger partial charge is 0.248 e. The first-order valence-corrected chi connectivity index (χ1v) is 44.9. The number of fused-ring (bicyclic) bond motifs is 5. The zero-order valence-corrected chi connectivity index (χ0v) is 78.5. The van der Waals surface area contributed by atoms with Gasteiger partial charge in [-0.3, -0.25) is 0 Å². The predicted molar refractivity (Wildman–Crippen MR) is 544 cm³/mol. The van der Waals surface area contributed by atoms with Crippen LogP contribution in [0.25, 0.3) is 166 Å². The van der Waals surface area contributed by atoms with Crippen molar-refractivity contribution < 1.29 is 26.9 Å². The summed E-state index contributed by atoms with van der Waals surface area (Å²) in [5, 5.41) is 9.78. The number of aromatic nitrogens is 8. The van der Waals surface area contributed by atoms with Gasteiger partial charge in [-0.2, -0.15) is 0 Å². The van der Waals surface area contributed by atoms with Crippen LogP contribution in [0.4, 0.5) is 0 Å². The van der Waals surface area contributed by atoms with Gasteiger partial charge in [0.15, 0.2) is 36.8 Å². The van der Waals surface area contributed by atoms with Crippen molar-refractivity contribution >= 4 is 54.1 Å². The average Bonchev–Trinajstić information content (AvgIpc) is 0.748. The summed E-state index contributed by atoms with van der Waals surface area (Å²) in [7, 11) is 10.4. The molecule has 8 heteroatoms. The smallest absolute Gasteiger partial charge is 0.213 e. The van der Waals surface area contributed by atoms with E-state index in [2.05, 4.69) is 446 Å². The minimum atomic E-state index is -2.21. The monoisotopic (exact) mass is 1700 g/mol. The van der Waals surface area contributed by atoms with Crippen LogP contribution < -0.4 is 22.8 Å². The fourth-order valence-corrected chi connectivity index (χ4v) is 18.5. The van der Waals surface area contributed by atoms with Gasteiger partial charge in [-0.05, 0) is 275 Å². The van der Waals surface area contributed by atoms with Crippen molar-refractivity contribution in [3.63, 3.8) is 0 Å². The van der Waals surface area contributed by atoms with Crippen molar-refractivity contribution in [2.45, 2.75) is 104 Å². The molecule has 8 nitrogen and oxygen atoms in total. The van der Waals surface area contributed by atoms with Crippen LogP contribution in [-0.4, -0.2) is 15.0 Å². The Morgan fingerprint density at radius 2 is 0.500 bits per heavy atom. The molecule has 0 atom stereocenters. The van der Waals surface area contributed by atoms with Gasteiger partial charge in [0.2, 0.25) is 28.5 Å². The molecule has 0 aliphatic carbocycles. The molecule has 7 heterocycles. The third kappa shape index (κ3) is 18.7. The van der Waals surface area contributed by atoms with Gasteiger partial charge in [-0.15, -0.1) is 0 Å². The van der Waals surface area contributed by atoms with E-state index < -0.39 is 6.85 Å². The first-order valence-electron chi connectivity index (χ1n) is 46.4. The molecule has 20 rings (SSSR count). The summed E-state index contributed by atoms with van der Waals surface area (Å²) in [5.74, 6) is 0.772. The summed E-state index contributed by atoms with van der Waals surface area (Å²) in [5.41, 5.74) is 42.2. The second kappa shape index (κ2) is 38.4. The number of hydrogen-bond donors (Lipinski definition) is 0. The molecule has 0 aliphatic rings. The maximum absolute atomic E-state index is 8.15. The van der Waals surface area contributed by atoms with Gasteiger partial charge in [0.1, 0.15) is 35.2 Å². The highest BCUT2D eigenvalue weighted by Gasteiger charge is 2.25. The van der Waals surface area contributed by atoms with Gasteiger partial charge in [0.25, 0.3) is 0 Å². The highest BCUT2D eigenvalue weighted by Crippen LogP contribution is 2.40. The fraction of sp³-hybridized carbons (Fsp3) is 0.164. The molecule has 0 spiro atoms. The van der Waals surface area contributed by atoms with Crippen LogP contribution in [0.1, 0.15) is 87.6 Å². The number of aryl methyl sites for hydroxylation is 20. The molecular weight excluding hydrogens is 1580 g/mol. The minimum absolute atomic E-state index is 0.367. The Hall–Kier alpha value is -14.9. The molecule has 13 aromatic carbocycles. The molecule has 0 saturated heterocycles. The molecule has 640 valence electrons. The third-order valence-corrected chi connectivity index (χ3v) is 25.7. The van der Waals surface area contributed by atoms with Crippen LogP contribution in [0.15, 0.2) is 347 Å². The second-order valence-electron chi connectivity index (χ2n) is 35.2. The number of hydrogen-bond acceptors (Lipinski definition) is 3. The van der Waals surface area contributed by atoms with E-state index in [1.54, 1.807) is 6.20 Å². The van der Waals surface area contributed by atoms with Crippen LogP contribution in [0, 0.1) is 104 Å². The predicted octanol–water partition coefficient (Wildman–Crippen LogP) is 27.8. The van der Waals surface area contributed by atoms with Crippen molar-refractivity contribution in [3.8, 4) is 112 Å². The van der Waals surface area contributed by atoms with E-state index in [0.717, 1.165) is 83.5 Å². The first kappa shape index (κ1) is 84.6. The lowest BCUT2D eigenvalue weighted by Crippen LogP contribution is -2.31. The van der Waals surface area contributed by atoms with E-state index in [0.29, 0.717) is 5.56 Å². The van der Waals surface area contributed by atoms with Gasteiger partial charge < -0.3 is 0 Å². The lowest BCUT2D eigenvalue weighted by Gasteiger charge is -2.13. The Morgan fingerprint density at radius 1 is 0.208 bits per heavy atom. The second-order valence-corrected chi connectivity index (χ2v) is 35.2. The van der Waals surface area contributed by atoms with Crippen molar-refractivity contribution in [3.05, 3.63) is 430 Å². The van der Waals surface area contributed by atoms with Crippen LogP contribution in [0.5, 0.6) is 0 Å². The van der Waals surface area contributed by atoms with E-state index >= 15 is 0 Å². The van der Waals surface area contributed by atoms with Crippen LogP contribution in [-0.2, 0) is 35.2 Å². The summed E-state index contributed by atoms with van der Waals surface area (Å²) in [4.78, 5) is 14.4. The van der Waals surface area contributed by atoms with E-state index in [-0.39, 0.29) is 0 Å². The van der Waals surface area contributed by atoms with Gasteiger partial charge in [-0.1, -0.05) is 230 Å². The standard InChI is InChI=1S/3C25H24N.C24H23N2.C23H22N3/c1-17-10-7-13-22-20(17)12-8-14-23(22)24-15-25(26(4)16-19(24)3)21-11-6-5-9-18(21)2;2*1-17-9-5-6-11-21(17)25-15-24(19(3)16-26(25)4)23-14-13-18(2)20-10-7-8-12-22(20)23;1-16-9-11-22-19(13-16)10-12-23(25-22)21-14-24(26(4)15-18(21)3)20-8-6-5-7-17(20)2;1-15-9-10-21-18(11-15)13-24-23(25-21)20-12-22(26(4)14-17(20)3)19-8-6-5-7-16(19)2/h3*5-16H,1-4H3;5-15H,1-4H3;5-14H,1-4H3/q5*+1/i;3D3;;;. The van der Waals surface area contributed by atoms with Gasteiger partial charge in [0.05, 0.1) is 16.7 Å². The van der Waals surface area contributed by atoms with E-state index in [4.69, 9.17) is 14.1 Å². The van der Waals surface area contributed by atoms with Crippen molar-refractivity contribution in [1.29, 1.82) is 0 Å². The Balaban J connectivity index is 0.000000121. The summed E-state index contributed by atoms with van der Waals surface area (Å²) in [6.45, 7) is 27.8. The van der Waals surface area contributed by atoms with Crippen LogP contribution >= 0.6 is 0 Å². The molecule has 0 amide bonds. The Kier molecular flexibility index (Phi) is 25.0. The lowest BCUT2D eigenvalue weighted by molar-refractivity contribution is -0.660. The number of nitrogens with zero attached hydrogens (tertiary/aromatic N) is 8. The zero-order chi connectivity index (χ0) is 93.8. The normalized spacial score (nSPS) is 11.5. The molecule has 0 unspecified atom stereocenters. The molecule has 7 aromatic heterocycles. The quantitative estimate of drug-likeness (QED) is 0.128. The van der Waals surface area contributed by atoms with Gasteiger partial charge in [-0.25, -0.2) is 37.8 Å². The summed E-state index contributed by atoms with van der Waals surface area (Å²) in [6.07, 6.45) is 12.5. The zero-order valence-electron chi connectivity index (χ0n) is 81.5. The van der Waals surface area contributed by atoms with E-state index in [1.165, 1.54) is 161 Å². The Morgan fingerprint density at radius 3 is 0.915 bits per heavy atom. The molecule has 0 aliphatic heterocycles. The van der Waals surface area contributed by atoms with Gasteiger partial charge >= 0.3 is 0 Å². The molecule has 0 radical (unpaired) electrons. The molecule has 0 fully saturated rings. The number of benzene rings is 13. The molecule has 0 bridgehead atoms. The maximum atomic E-state index is 8.15. The topological polar surface area (TPSA) is 58.1 Å². The minimum Gasteiger partial charge on any atom is -0.248 e. The fourth-order valence-electron chi connectivity index (χ4n) is 18.5. The molecular formula is C122H117N8+5. The molecule has 130 heavy (non-hydrogen) atoms. The molecule has 0 saturated carbocycles. The van der Waals surface area contributed by atoms with Crippen LogP contribution in [0.2, 0.25) is 0 Å². The summed E-state index contributed by atoms with van der Waals surface area (Å²) in [6, 6.07) is 109. The van der Waals surface area contributed by atoms with Crippen molar-refractivity contribution in [2.75, 3.05) is 0 Å². The SMILES string of the molecule is Cc1c[n+](C)c(-c2ccccc2C)cc1-c1ccc(C)c2ccccc12.Cc1c[n+](C)c(-c2ccccc2C)cc1-c1cccc2c(C)cccc12.Cc1ccc2nc(-c3cc(-c4ccccc4C)[n+](C)cc3C)ccc2c1.Cc1ccc2nc(-c3cc(-c4ccccc4C)[n+](C)cc3C)ncc2c1.[2H]C([2H])([2H])c1c[n+](C)c(-c2ccccc2C)cc1-c1ccc(C)c2ccccc12. The van der Waals surface area contributed by atoms with Gasteiger partial charge in [0, 0.05) is 118 Å². The Labute approximate surface area is 772 Å². The third-order valence-electron chi connectivity index (χ3n) is 25.7. The van der Waals surface area contributed by atoms with Crippen molar-refractivity contribution in [1.82, 2.24) is 15.0 Å².